The Morgan fingerprint density at radius 3 is 2.70 bits per heavy atom. The van der Waals surface area contributed by atoms with E-state index in [0.717, 1.165) is 50.7 Å². The van der Waals surface area contributed by atoms with Gasteiger partial charge >= 0.3 is 0 Å². The summed E-state index contributed by atoms with van der Waals surface area (Å²) in [6.07, 6.45) is 4.13. The van der Waals surface area contributed by atoms with Crippen molar-refractivity contribution in [3.05, 3.63) is 52.5 Å². The number of hydrogen-bond acceptors (Lipinski definition) is 4. The van der Waals surface area contributed by atoms with Crippen molar-refractivity contribution in [3.63, 3.8) is 0 Å². The molecule has 0 aromatic carbocycles. The van der Waals surface area contributed by atoms with Crippen LogP contribution in [-0.4, -0.2) is 48.6 Å². The van der Waals surface area contributed by atoms with E-state index >= 15 is 0 Å². The van der Waals surface area contributed by atoms with Crippen LogP contribution in [0.15, 0.2) is 46.9 Å². The summed E-state index contributed by atoms with van der Waals surface area (Å²) in [7, 11) is 1.85. The molecule has 3 heterocycles. The maximum Gasteiger partial charge on any atom is 0.191 e. The van der Waals surface area contributed by atoms with Gasteiger partial charge in [-0.05, 0) is 36.4 Å². The predicted octanol–water partition coefficient (Wildman–Crippen LogP) is 3.25. The van der Waals surface area contributed by atoms with Crippen LogP contribution in [0.3, 0.4) is 0 Å². The van der Waals surface area contributed by atoms with Gasteiger partial charge in [-0.1, -0.05) is 26.0 Å². The number of pyridine rings is 1. The topological polar surface area (TPSA) is 52.6 Å². The first-order valence-corrected chi connectivity index (χ1v) is 10.6. The summed E-state index contributed by atoms with van der Waals surface area (Å²) in [5, 5.41) is 9.27. The first-order chi connectivity index (χ1) is 13.1. The summed E-state index contributed by atoms with van der Waals surface area (Å²) < 4.78 is 0. The van der Waals surface area contributed by atoms with Gasteiger partial charge in [0.25, 0.3) is 0 Å². The molecule has 0 aliphatic carbocycles. The third-order valence-electron chi connectivity index (χ3n) is 5.15. The second-order valence-corrected chi connectivity index (χ2v) is 8.75. The molecule has 0 saturated carbocycles. The molecule has 0 atom stereocenters. The molecule has 146 valence electrons. The SMILES string of the molecule is CN=C(NCC(C)(C)c1cccs1)NC1CCN(Cc2ccccn2)CC1. The molecule has 1 aliphatic heterocycles. The number of nitrogens with zero attached hydrogens (tertiary/aromatic N) is 3. The summed E-state index contributed by atoms with van der Waals surface area (Å²) in [5.74, 6) is 0.905. The first kappa shape index (κ1) is 19.8. The first-order valence-electron chi connectivity index (χ1n) is 9.70. The Labute approximate surface area is 166 Å². The molecule has 0 spiro atoms. The van der Waals surface area contributed by atoms with Gasteiger partial charge in [-0.25, -0.2) is 0 Å². The number of piperidine rings is 1. The predicted molar refractivity (Wildman–Crippen MR) is 114 cm³/mol. The van der Waals surface area contributed by atoms with E-state index in [1.807, 2.05) is 30.6 Å². The molecule has 6 heteroatoms. The van der Waals surface area contributed by atoms with Gasteiger partial charge in [-0.3, -0.25) is 14.9 Å². The summed E-state index contributed by atoms with van der Waals surface area (Å²) in [6, 6.07) is 10.9. The van der Waals surface area contributed by atoms with Crippen molar-refractivity contribution in [2.75, 3.05) is 26.7 Å². The van der Waals surface area contributed by atoms with Crippen LogP contribution in [0.1, 0.15) is 37.3 Å². The van der Waals surface area contributed by atoms with Crippen molar-refractivity contribution in [3.8, 4) is 0 Å². The Bertz CT molecular complexity index is 703. The van der Waals surface area contributed by atoms with Gasteiger partial charge in [0.05, 0.1) is 5.69 Å². The minimum Gasteiger partial charge on any atom is -0.356 e. The van der Waals surface area contributed by atoms with E-state index in [1.165, 1.54) is 4.88 Å². The Balaban J connectivity index is 1.43. The monoisotopic (exact) mass is 385 g/mol. The fourth-order valence-electron chi connectivity index (χ4n) is 3.40. The lowest BCUT2D eigenvalue weighted by atomic mass is 9.91. The third kappa shape index (κ3) is 5.78. The number of aromatic nitrogens is 1. The van der Waals surface area contributed by atoms with Crippen LogP contribution < -0.4 is 10.6 Å². The number of rotatable bonds is 6. The van der Waals surface area contributed by atoms with E-state index < -0.39 is 0 Å². The lowest BCUT2D eigenvalue weighted by Gasteiger charge is -2.33. The van der Waals surface area contributed by atoms with Gasteiger partial charge in [0.2, 0.25) is 0 Å². The highest BCUT2D eigenvalue weighted by atomic mass is 32.1. The standard InChI is InChI=1S/C21H31N5S/c1-21(2,19-8-6-14-27-19)16-24-20(22-3)25-17-9-12-26(13-10-17)15-18-7-4-5-11-23-18/h4-8,11,14,17H,9-10,12-13,15-16H2,1-3H3,(H2,22,24,25). The number of likely N-dealkylation sites (tertiary alicyclic amines) is 1. The molecule has 0 bridgehead atoms. The lowest BCUT2D eigenvalue weighted by Crippen LogP contribution is -2.50. The zero-order chi connectivity index (χ0) is 19.1. The molecule has 0 amide bonds. The van der Waals surface area contributed by atoms with Crippen molar-refractivity contribution in [1.29, 1.82) is 0 Å². The van der Waals surface area contributed by atoms with Crippen LogP contribution in [-0.2, 0) is 12.0 Å². The van der Waals surface area contributed by atoms with Crippen LogP contribution in [0, 0.1) is 0 Å². The Morgan fingerprint density at radius 1 is 1.26 bits per heavy atom. The zero-order valence-corrected chi connectivity index (χ0v) is 17.4. The highest BCUT2D eigenvalue weighted by Gasteiger charge is 2.24. The van der Waals surface area contributed by atoms with Gasteiger partial charge in [-0.15, -0.1) is 11.3 Å². The van der Waals surface area contributed by atoms with Gasteiger partial charge in [0, 0.05) is 55.8 Å². The summed E-state index contributed by atoms with van der Waals surface area (Å²) >= 11 is 1.81. The third-order valence-corrected chi connectivity index (χ3v) is 6.39. The zero-order valence-electron chi connectivity index (χ0n) is 16.6. The highest BCUT2D eigenvalue weighted by Crippen LogP contribution is 2.26. The Kier molecular flexibility index (Phi) is 6.85. The number of guanidine groups is 1. The average molecular weight is 386 g/mol. The van der Waals surface area contributed by atoms with Crippen LogP contribution >= 0.6 is 11.3 Å². The van der Waals surface area contributed by atoms with Crippen molar-refractivity contribution < 1.29 is 0 Å². The smallest absolute Gasteiger partial charge is 0.191 e. The quantitative estimate of drug-likeness (QED) is 0.592. The maximum atomic E-state index is 4.44. The van der Waals surface area contributed by atoms with Crippen LogP contribution in [0.5, 0.6) is 0 Å². The summed E-state index contributed by atoms with van der Waals surface area (Å²) in [4.78, 5) is 12.7. The van der Waals surface area contributed by atoms with Crippen molar-refractivity contribution in [1.82, 2.24) is 20.5 Å². The fourth-order valence-corrected chi connectivity index (χ4v) is 4.25. The Morgan fingerprint density at radius 2 is 2.07 bits per heavy atom. The molecule has 27 heavy (non-hydrogen) atoms. The second-order valence-electron chi connectivity index (χ2n) is 7.80. The van der Waals surface area contributed by atoms with Crippen molar-refractivity contribution >= 4 is 17.3 Å². The molecule has 3 rings (SSSR count). The van der Waals surface area contributed by atoms with Gasteiger partial charge in [-0.2, -0.15) is 0 Å². The van der Waals surface area contributed by atoms with E-state index in [9.17, 15) is 0 Å². The van der Waals surface area contributed by atoms with E-state index in [2.05, 4.69) is 69.0 Å². The molecule has 0 unspecified atom stereocenters. The number of nitrogens with one attached hydrogen (secondary N) is 2. The normalized spacial score (nSPS) is 17.1. The van der Waals surface area contributed by atoms with E-state index in [0.29, 0.717) is 6.04 Å². The van der Waals surface area contributed by atoms with E-state index in [4.69, 9.17) is 0 Å². The van der Waals surface area contributed by atoms with Gasteiger partial charge in [0.1, 0.15) is 0 Å². The van der Waals surface area contributed by atoms with E-state index in [1.54, 1.807) is 0 Å². The summed E-state index contributed by atoms with van der Waals surface area (Å²) in [5.41, 5.74) is 1.25. The molecule has 2 aromatic rings. The number of thiophene rings is 1. The number of hydrogen-bond donors (Lipinski definition) is 2. The molecule has 2 N–H and O–H groups in total. The molecular weight excluding hydrogens is 354 g/mol. The molecule has 0 radical (unpaired) electrons. The lowest BCUT2D eigenvalue weighted by molar-refractivity contribution is 0.196. The van der Waals surface area contributed by atoms with Crippen LogP contribution in [0.4, 0.5) is 0 Å². The molecule has 2 aromatic heterocycles. The molecule has 1 fully saturated rings. The van der Waals surface area contributed by atoms with Gasteiger partial charge < -0.3 is 10.6 Å². The largest absolute Gasteiger partial charge is 0.356 e. The molecule has 5 nitrogen and oxygen atoms in total. The minimum absolute atomic E-state index is 0.0951. The second kappa shape index (κ2) is 9.33. The molecular formula is C21H31N5S. The molecule has 1 saturated heterocycles. The van der Waals surface area contributed by atoms with Crippen molar-refractivity contribution in [2.24, 2.45) is 4.99 Å². The molecule has 1 aliphatic rings. The highest BCUT2D eigenvalue weighted by molar-refractivity contribution is 7.10. The average Bonchev–Trinajstić information content (AvgIpc) is 3.23. The fraction of sp³-hybridized carbons (Fsp3) is 0.524. The number of aliphatic imine (C=N–C) groups is 1. The minimum atomic E-state index is 0.0951. The van der Waals surface area contributed by atoms with Crippen LogP contribution in [0.25, 0.3) is 0 Å². The summed E-state index contributed by atoms with van der Waals surface area (Å²) in [6.45, 7) is 8.53. The van der Waals surface area contributed by atoms with E-state index in [-0.39, 0.29) is 5.41 Å². The van der Waals surface area contributed by atoms with Gasteiger partial charge in [0.15, 0.2) is 5.96 Å². The van der Waals surface area contributed by atoms with Crippen molar-refractivity contribution in [2.45, 2.75) is 44.7 Å². The van der Waals surface area contributed by atoms with Crippen LogP contribution in [0.2, 0.25) is 0 Å². The maximum absolute atomic E-state index is 4.44. The Hall–Kier alpha value is -1.92.